The highest BCUT2D eigenvalue weighted by atomic mass is 19.4. The number of nitrogens with one attached hydrogen (secondary N) is 2. The normalized spacial score (nSPS) is 23.9. The van der Waals surface area contributed by atoms with Crippen molar-refractivity contribution in [1.82, 2.24) is 10.6 Å². The maximum Gasteiger partial charge on any atom is 0.391 e. The monoisotopic (exact) mass is 224 g/mol. The van der Waals surface area contributed by atoms with Gasteiger partial charge in [0.25, 0.3) is 0 Å². The molecule has 0 spiro atoms. The minimum atomic E-state index is -4.23. The van der Waals surface area contributed by atoms with Crippen LogP contribution >= 0.6 is 0 Å². The lowest BCUT2D eigenvalue weighted by Gasteiger charge is -2.18. The van der Waals surface area contributed by atoms with Gasteiger partial charge in [0.1, 0.15) is 0 Å². The van der Waals surface area contributed by atoms with E-state index in [9.17, 15) is 18.0 Å². The van der Waals surface area contributed by atoms with Crippen molar-refractivity contribution in [3.05, 3.63) is 0 Å². The summed E-state index contributed by atoms with van der Waals surface area (Å²) in [5.41, 5.74) is 0. The van der Waals surface area contributed by atoms with Crippen molar-refractivity contribution in [3.8, 4) is 0 Å². The van der Waals surface area contributed by atoms with Crippen LogP contribution in [0.1, 0.15) is 26.2 Å². The van der Waals surface area contributed by atoms with Gasteiger partial charge >= 0.3 is 6.18 Å². The van der Waals surface area contributed by atoms with Crippen molar-refractivity contribution in [2.75, 3.05) is 6.54 Å². The number of alkyl halides is 3. The predicted molar refractivity (Wildman–Crippen MR) is 49.3 cm³/mol. The van der Waals surface area contributed by atoms with E-state index in [4.69, 9.17) is 0 Å². The molecule has 0 aromatic heterocycles. The van der Waals surface area contributed by atoms with Crippen LogP contribution in [0.2, 0.25) is 0 Å². The average Bonchev–Trinajstić information content (AvgIpc) is 2.50. The zero-order valence-electron chi connectivity index (χ0n) is 8.53. The summed E-state index contributed by atoms with van der Waals surface area (Å²) in [6.45, 7) is 2.12. The van der Waals surface area contributed by atoms with Crippen molar-refractivity contribution in [3.63, 3.8) is 0 Å². The van der Waals surface area contributed by atoms with Gasteiger partial charge in [-0.2, -0.15) is 13.2 Å². The molecule has 3 nitrogen and oxygen atoms in total. The van der Waals surface area contributed by atoms with E-state index in [1.165, 1.54) is 6.92 Å². The van der Waals surface area contributed by atoms with Crippen molar-refractivity contribution >= 4 is 5.91 Å². The Balaban J connectivity index is 2.30. The largest absolute Gasteiger partial charge is 0.391 e. The molecule has 2 atom stereocenters. The second kappa shape index (κ2) is 4.83. The molecule has 2 N–H and O–H groups in total. The number of amides is 1. The SMILES string of the molecule is CC(CC(F)(F)F)NC(=O)[C@@H]1CCCN1. The van der Waals surface area contributed by atoms with E-state index < -0.39 is 18.6 Å². The lowest BCUT2D eigenvalue weighted by molar-refractivity contribution is -0.141. The Kier molecular flexibility index (Phi) is 3.96. The summed E-state index contributed by atoms with van der Waals surface area (Å²) in [6.07, 6.45) is -3.61. The first-order valence-electron chi connectivity index (χ1n) is 4.99. The molecule has 1 aliphatic rings. The third-order valence-electron chi connectivity index (χ3n) is 2.30. The van der Waals surface area contributed by atoms with Gasteiger partial charge < -0.3 is 10.6 Å². The van der Waals surface area contributed by atoms with E-state index in [1.54, 1.807) is 0 Å². The fourth-order valence-corrected chi connectivity index (χ4v) is 1.65. The van der Waals surface area contributed by atoms with Crippen LogP contribution in [0.15, 0.2) is 0 Å². The smallest absolute Gasteiger partial charge is 0.352 e. The summed E-state index contributed by atoms with van der Waals surface area (Å²) >= 11 is 0. The Morgan fingerprint density at radius 1 is 1.60 bits per heavy atom. The highest BCUT2D eigenvalue weighted by molar-refractivity contribution is 5.82. The molecule has 1 heterocycles. The topological polar surface area (TPSA) is 41.1 Å². The van der Waals surface area contributed by atoms with Crippen LogP contribution in [-0.4, -0.2) is 30.7 Å². The molecular formula is C9H15F3N2O. The zero-order chi connectivity index (χ0) is 11.5. The van der Waals surface area contributed by atoms with Gasteiger partial charge in [0.2, 0.25) is 5.91 Å². The molecule has 0 aromatic carbocycles. The third kappa shape index (κ3) is 4.51. The summed E-state index contributed by atoms with van der Waals surface area (Å²) < 4.78 is 35.9. The Morgan fingerprint density at radius 3 is 2.73 bits per heavy atom. The second-order valence-corrected chi connectivity index (χ2v) is 3.88. The third-order valence-corrected chi connectivity index (χ3v) is 2.30. The van der Waals surface area contributed by atoms with E-state index in [-0.39, 0.29) is 11.9 Å². The zero-order valence-corrected chi connectivity index (χ0v) is 8.53. The van der Waals surface area contributed by atoms with Crippen molar-refractivity contribution < 1.29 is 18.0 Å². The lowest BCUT2D eigenvalue weighted by Crippen LogP contribution is -2.45. The maximum absolute atomic E-state index is 12.0. The van der Waals surface area contributed by atoms with Crippen molar-refractivity contribution in [2.24, 2.45) is 0 Å². The van der Waals surface area contributed by atoms with Gasteiger partial charge in [-0.05, 0) is 26.3 Å². The fourth-order valence-electron chi connectivity index (χ4n) is 1.65. The fraction of sp³-hybridized carbons (Fsp3) is 0.889. The summed E-state index contributed by atoms with van der Waals surface area (Å²) in [7, 11) is 0. The minimum Gasteiger partial charge on any atom is -0.352 e. The van der Waals surface area contributed by atoms with Crippen molar-refractivity contribution in [2.45, 2.75) is 44.4 Å². The van der Waals surface area contributed by atoms with Crippen molar-refractivity contribution in [1.29, 1.82) is 0 Å². The van der Waals surface area contributed by atoms with Crippen LogP contribution in [0.5, 0.6) is 0 Å². The Labute approximate surface area is 86.4 Å². The second-order valence-electron chi connectivity index (χ2n) is 3.88. The number of hydrogen-bond donors (Lipinski definition) is 2. The first-order valence-corrected chi connectivity index (χ1v) is 4.99. The van der Waals surface area contributed by atoms with Gasteiger partial charge in [-0.1, -0.05) is 0 Å². The molecule has 88 valence electrons. The molecule has 1 aliphatic heterocycles. The highest BCUT2D eigenvalue weighted by Crippen LogP contribution is 2.21. The van der Waals surface area contributed by atoms with Gasteiger partial charge in [0.15, 0.2) is 0 Å². The van der Waals surface area contributed by atoms with Crippen LogP contribution in [0.4, 0.5) is 13.2 Å². The molecule has 0 bridgehead atoms. The number of carbonyl (C=O) groups excluding carboxylic acids is 1. The Hall–Kier alpha value is -0.780. The van der Waals surface area contributed by atoms with Crippen LogP contribution in [-0.2, 0) is 4.79 Å². The molecule has 1 saturated heterocycles. The quantitative estimate of drug-likeness (QED) is 0.756. The molecule has 1 fully saturated rings. The van der Waals surface area contributed by atoms with Crippen LogP contribution in [0.3, 0.4) is 0 Å². The van der Waals surface area contributed by atoms with E-state index in [2.05, 4.69) is 10.6 Å². The molecule has 6 heteroatoms. The van der Waals surface area contributed by atoms with Gasteiger partial charge in [0.05, 0.1) is 12.5 Å². The maximum atomic E-state index is 12.0. The summed E-state index contributed by atoms with van der Waals surface area (Å²) in [6, 6.07) is -1.18. The standard InChI is InChI=1S/C9H15F3N2O/c1-6(5-9(10,11)12)14-8(15)7-3-2-4-13-7/h6-7,13H,2-5H2,1H3,(H,14,15)/t6?,7-/m0/s1. The van der Waals surface area contributed by atoms with Gasteiger partial charge in [-0.25, -0.2) is 0 Å². The molecule has 1 rings (SSSR count). The number of halogens is 3. The van der Waals surface area contributed by atoms with E-state index >= 15 is 0 Å². The Bertz CT molecular complexity index is 224. The van der Waals surface area contributed by atoms with Crippen LogP contribution in [0, 0.1) is 0 Å². The first-order chi connectivity index (χ1) is 6.88. The van der Waals surface area contributed by atoms with Crippen LogP contribution in [0.25, 0.3) is 0 Å². The predicted octanol–water partition coefficient (Wildman–Crippen LogP) is 1.20. The molecule has 0 saturated carbocycles. The minimum absolute atomic E-state index is 0.319. The molecule has 1 amide bonds. The summed E-state index contributed by atoms with van der Waals surface area (Å²) in [5, 5.41) is 5.29. The van der Waals surface area contributed by atoms with Gasteiger partial charge in [0, 0.05) is 6.04 Å². The first kappa shape index (κ1) is 12.3. The van der Waals surface area contributed by atoms with E-state index in [1.807, 2.05) is 0 Å². The van der Waals surface area contributed by atoms with Crippen LogP contribution < -0.4 is 10.6 Å². The molecule has 0 radical (unpaired) electrons. The molecule has 1 unspecified atom stereocenters. The molecule has 15 heavy (non-hydrogen) atoms. The van der Waals surface area contributed by atoms with Gasteiger partial charge in [-0.3, -0.25) is 4.79 Å². The molecule has 0 aromatic rings. The number of rotatable bonds is 3. The molecular weight excluding hydrogens is 209 g/mol. The Morgan fingerprint density at radius 2 is 2.27 bits per heavy atom. The number of carbonyl (C=O) groups is 1. The van der Waals surface area contributed by atoms with E-state index in [0.717, 1.165) is 13.0 Å². The summed E-state index contributed by atoms with van der Waals surface area (Å²) in [4.78, 5) is 11.4. The molecule has 0 aliphatic carbocycles. The average molecular weight is 224 g/mol. The lowest BCUT2D eigenvalue weighted by atomic mass is 10.2. The highest BCUT2D eigenvalue weighted by Gasteiger charge is 2.31. The number of hydrogen-bond acceptors (Lipinski definition) is 2. The summed E-state index contributed by atoms with van der Waals surface area (Å²) in [5.74, 6) is -0.329. The van der Waals surface area contributed by atoms with Gasteiger partial charge in [-0.15, -0.1) is 0 Å². The van der Waals surface area contributed by atoms with E-state index in [0.29, 0.717) is 6.42 Å².